The molecule has 8 heteroatoms. The summed E-state index contributed by atoms with van der Waals surface area (Å²) >= 11 is 0. The first-order valence-corrected chi connectivity index (χ1v) is 8.49. The van der Waals surface area contributed by atoms with Gasteiger partial charge in [-0.15, -0.1) is 0 Å². The summed E-state index contributed by atoms with van der Waals surface area (Å²) in [6.45, 7) is 1.26. The third-order valence-corrected chi connectivity index (χ3v) is 4.50. The summed E-state index contributed by atoms with van der Waals surface area (Å²) in [7, 11) is 4.61. The number of carbonyl (C=O) groups is 1. The van der Waals surface area contributed by atoms with Crippen LogP contribution in [0.5, 0.6) is 11.5 Å². The summed E-state index contributed by atoms with van der Waals surface area (Å²) in [5.74, 6) is 2.20. The van der Waals surface area contributed by atoms with Gasteiger partial charge in [-0.3, -0.25) is 9.69 Å². The van der Waals surface area contributed by atoms with Gasteiger partial charge < -0.3 is 18.7 Å². The Morgan fingerprint density at radius 2 is 2.08 bits per heavy atom. The minimum atomic E-state index is -0.235. The summed E-state index contributed by atoms with van der Waals surface area (Å²) in [4.78, 5) is 18.3. The SMILES string of the molecule is COC(=O)[C@@H]1CCCN1Cc1nc(Cc2ccc(OC)c(OC)c2)no1. The number of nitrogens with zero attached hydrogens (tertiary/aromatic N) is 3. The highest BCUT2D eigenvalue weighted by Gasteiger charge is 2.32. The maximum atomic E-state index is 11.8. The summed E-state index contributed by atoms with van der Waals surface area (Å²) in [5, 5.41) is 4.04. The molecule has 0 radical (unpaired) electrons. The molecule has 2 heterocycles. The molecule has 3 rings (SSSR count). The Labute approximate surface area is 152 Å². The van der Waals surface area contributed by atoms with Gasteiger partial charge in [0.05, 0.1) is 27.9 Å². The topological polar surface area (TPSA) is 86.9 Å². The quantitative estimate of drug-likeness (QED) is 0.690. The maximum absolute atomic E-state index is 11.8. The zero-order chi connectivity index (χ0) is 18.5. The van der Waals surface area contributed by atoms with Crippen molar-refractivity contribution in [2.24, 2.45) is 0 Å². The Balaban J connectivity index is 1.66. The molecule has 0 spiro atoms. The van der Waals surface area contributed by atoms with Crippen molar-refractivity contribution in [3.8, 4) is 11.5 Å². The minimum Gasteiger partial charge on any atom is -0.493 e. The fourth-order valence-electron chi connectivity index (χ4n) is 3.19. The molecule has 0 bridgehead atoms. The molecule has 1 aliphatic rings. The molecular formula is C18H23N3O5. The zero-order valence-electron chi connectivity index (χ0n) is 15.2. The lowest BCUT2D eigenvalue weighted by atomic mass is 10.1. The standard InChI is InChI=1S/C18H23N3O5/c1-23-14-7-6-12(9-15(14)24-2)10-16-19-17(26-20-16)11-21-8-4-5-13(21)18(22)25-3/h6-7,9,13H,4-5,8,10-11H2,1-3H3/t13-/m0/s1. The molecule has 1 aromatic heterocycles. The van der Waals surface area contributed by atoms with Crippen molar-refractivity contribution in [1.29, 1.82) is 0 Å². The van der Waals surface area contributed by atoms with Crippen LogP contribution in [-0.4, -0.2) is 54.9 Å². The summed E-state index contributed by atoms with van der Waals surface area (Å²) < 4.78 is 20.8. The molecule has 140 valence electrons. The summed E-state index contributed by atoms with van der Waals surface area (Å²) in [6, 6.07) is 5.44. The van der Waals surface area contributed by atoms with Gasteiger partial charge in [-0.05, 0) is 37.1 Å². The second kappa shape index (κ2) is 8.18. The molecule has 1 atom stereocenters. The number of rotatable bonds is 7. The zero-order valence-corrected chi connectivity index (χ0v) is 15.2. The lowest BCUT2D eigenvalue weighted by molar-refractivity contribution is -0.146. The van der Waals surface area contributed by atoms with E-state index in [0.29, 0.717) is 36.2 Å². The molecule has 26 heavy (non-hydrogen) atoms. The third kappa shape index (κ3) is 3.96. The molecule has 8 nitrogen and oxygen atoms in total. The van der Waals surface area contributed by atoms with Crippen LogP contribution in [0.15, 0.2) is 22.7 Å². The van der Waals surface area contributed by atoms with Crippen LogP contribution in [0, 0.1) is 0 Å². The molecule has 0 N–H and O–H groups in total. The second-order valence-corrected chi connectivity index (χ2v) is 6.12. The van der Waals surface area contributed by atoms with Crippen LogP contribution >= 0.6 is 0 Å². The van der Waals surface area contributed by atoms with Crippen LogP contribution in [0.2, 0.25) is 0 Å². The Kier molecular flexibility index (Phi) is 5.72. The van der Waals surface area contributed by atoms with E-state index in [1.807, 2.05) is 23.1 Å². The molecule has 0 amide bonds. The van der Waals surface area contributed by atoms with Gasteiger partial charge in [0.15, 0.2) is 17.3 Å². The van der Waals surface area contributed by atoms with Crippen molar-refractivity contribution in [3.05, 3.63) is 35.5 Å². The van der Waals surface area contributed by atoms with Crippen LogP contribution in [0.3, 0.4) is 0 Å². The van der Waals surface area contributed by atoms with E-state index in [9.17, 15) is 4.79 Å². The Morgan fingerprint density at radius 3 is 2.81 bits per heavy atom. The van der Waals surface area contributed by atoms with Gasteiger partial charge in [0.2, 0.25) is 5.89 Å². The number of hydrogen-bond donors (Lipinski definition) is 0. The van der Waals surface area contributed by atoms with E-state index in [1.54, 1.807) is 14.2 Å². The van der Waals surface area contributed by atoms with Gasteiger partial charge in [-0.2, -0.15) is 4.98 Å². The third-order valence-electron chi connectivity index (χ3n) is 4.50. The number of likely N-dealkylation sites (tertiary alicyclic amines) is 1. The van der Waals surface area contributed by atoms with E-state index < -0.39 is 0 Å². The van der Waals surface area contributed by atoms with Gasteiger partial charge in [-0.1, -0.05) is 11.2 Å². The van der Waals surface area contributed by atoms with Crippen molar-refractivity contribution in [2.45, 2.75) is 31.8 Å². The number of benzene rings is 1. The second-order valence-electron chi connectivity index (χ2n) is 6.12. The summed E-state index contributed by atoms with van der Waals surface area (Å²) in [6.07, 6.45) is 2.26. The fourth-order valence-corrected chi connectivity index (χ4v) is 3.19. The normalized spacial score (nSPS) is 17.3. The van der Waals surface area contributed by atoms with Crippen molar-refractivity contribution < 1.29 is 23.5 Å². The van der Waals surface area contributed by atoms with Gasteiger partial charge >= 0.3 is 5.97 Å². The van der Waals surface area contributed by atoms with Gasteiger partial charge in [0, 0.05) is 6.42 Å². The molecular weight excluding hydrogens is 338 g/mol. The highest BCUT2D eigenvalue weighted by molar-refractivity contribution is 5.75. The number of ether oxygens (including phenoxy) is 3. The number of esters is 1. The monoisotopic (exact) mass is 361 g/mol. The van der Waals surface area contributed by atoms with E-state index in [4.69, 9.17) is 18.7 Å². The van der Waals surface area contributed by atoms with Crippen molar-refractivity contribution in [2.75, 3.05) is 27.9 Å². The molecule has 1 aromatic carbocycles. The van der Waals surface area contributed by atoms with E-state index in [1.165, 1.54) is 7.11 Å². The highest BCUT2D eigenvalue weighted by Crippen LogP contribution is 2.28. The number of aromatic nitrogens is 2. The molecule has 2 aromatic rings. The molecule has 0 aliphatic carbocycles. The van der Waals surface area contributed by atoms with E-state index in [2.05, 4.69) is 10.1 Å². The Morgan fingerprint density at radius 1 is 1.27 bits per heavy atom. The lowest BCUT2D eigenvalue weighted by Gasteiger charge is -2.19. The van der Waals surface area contributed by atoms with E-state index in [0.717, 1.165) is 24.9 Å². The largest absolute Gasteiger partial charge is 0.493 e. The molecule has 0 saturated carbocycles. The van der Waals surface area contributed by atoms with Gasteiger partial charge in [0.1, 0.15) is 6.04 Å². The first kappa shape index (κ1) is 18.2. The highest BCUT2D eigenvalue weighted by atomic mass is 16.5. The molecule has 1 saturated heterocycles. The predicted octanol–water partition coefficient (Wildman–Crippen LogP) is 1.81. The molecule has 1 aliphatic heterocycles. The summed E-state index contributed by atoms with van der Waals surface area (Å²) in [5.41, 5.74) is 0.989. The molecule has 1 fully saturated rings. The van der Waals surface area contributed by atoms with Crippen molar-refractivity contribution >= 4 is 5.97 Å². The van der Waals surface area contributed by atoms with Gasteiger partial charge in [0.25, 0.3) is 0 Å². The average molecular weight is 361 g/mol. The predicted molar refractivity (Wildman–Crippen MR) is 92.1 cm³/mol. The smallest absolute Gasteiger partial charge is 0.323 e. The van der Waals surface area contributed by atoms with Crippen molar-refractivity contribution in [1.82, 2.24) is 15.0 Å². The number of methoxy groups -OCH3 is 3. The lowest BCUT2D eigenvalue weighted by Crippen LogP contribution is -2.36. The van der Waals surface area contributed by atoms with Crippen LogP contribution in [0.4, 0.5) is 0 Å². The van der Waals surface area contributed by atoms with E-state index in [-0.39, 0.29) is 12.0 Å². The fraction of sp³-hybridized carbons (Fsp3) is 0.500. The van der Waals surface area contributed by atoms with Crippen molar-refractivity contribution in [3.63, 3.8) is 0 Å². The van der Waals surface area contributed by atoms with Crippen LogP contribution in [0.25, 0.3) is 0 Å². The average Bonchev–Trinajstić information content (AvgIpc) is 3.30. The van der Waals surface area contributed by atoms with Gasteiger partial charge in [-0.25, -0.2) is 0 Å². The first-order valence-electron chi connectivity index (χ1n) is 8.49. The van der Waals surface area contributed by atoms with Crippen LogP contribution < -0.4 is 9.47 Å². The Hall–Kier alpha value is -2.61. The van der Waals surface area contributed by atoms with Crippen LogP contribution in [-0.2, 0) is 22.5 Å². The van der Waals surface area contributed by atoms with E-state index >= 15 is 0 Å². The minimum absolute atomic E-state index is 0.215. The Bertz CT molecular complexity index is 761. The first-order chi connectivity index (χ1) is 12.6. The number of hydrogen-bond acceptors (Lipinski definition) is 8. The molecule has 0 unspecified atom stereocenters. The van der Waals surface area contributed by atoms with Crippen LogP contribution in [0.1, 0.15) is 30.1 Å². The maximum Gasteiger partial charge on any atom is 0.323 e. The number of carbonyl (C=O) groups excluding carboxylic acids is 1.